The minimum Gasteiger partial charge on any atom is -0.378 e. The van der Waals surface area contributed by atoms with Crippen molar-refractivity contribution in [1.82, 2.24) is 4.31 Å². The molecule has 0 aliphatic carbocycles. The molecule has 1 amide bonds. The van der Waals surface area contributed by atoms with Crippen LogP contribution >= 0.6 is 38.5 Å². The molecule has 1 N–H and O–H groups in total. The monoisotopic (exact) mass is 592 g/mol. The van der Waals surface area contributed by atoms with Crippen molar-refractivity contribution >= 4 is 60.1 Å². The lowest BCUT2D eigenvalue weighted by molar-refractivity contribution is 0.0294. The van der Waals surface area contributed by atoms with Crippen molar-refractivity contribution in [3.8, 4) is 0 Å². The number of carbonyl (C=O) groups is 1. The first-order valence-electron chi connectivity index (χ1n) is 9.29. The van der Waals surface area contributed by atoms with E-state index in [-0.39, 0.29) is 16.8 Å². The maximum Gasteiger partial charge on any atom is 0.255 e. The van der Waals surface area contributed by atoms with Crippen LogP contribution in [-0.2, 0) is 14.8 Å². The number of anilines is 1. The van der Waals surface area contributed by atoms with Gasteiger partial charge in [-0.05, 0) is 87.4 Å². The lowest BCUT2D eigenvalue weighted by atomic mass is 10.1. The number of rotatable bonds is 6. The fourth-order valence-electron chi connectivity index (χ4n) is 3.20. The maximum atomic E-state index is 13.1. The molecule has 29 heavy (non-hydrogen) atoms. The molecule has 1 unspecified atom stereocenters. The van der Waals surface area contributed by atoms with Crippen LogP contribution in [0.2, 0.25) is 0 Å². The van der Waals surface area contributed by atoms with Gasteiger partial charge in [-0.25, -0.2) is 8.42 Å². The highest BCUT2D eigenvalue weighted by molar-refractivity contribution is 14.1. The zero-order valence-electron chi connectivity index (χ0n) is 15.9. The minimum atomic E-state index is -3.61. The molecule has 1 aliphatic rings. The Morgan fingerprint density at radius 3 is 2.66 bits per heavy atom. The number of halogens is 2. The average Bonchev–Trinajstić information content (AvgIpc) is 2.71. The number of amides is 1. The van der Waals surface area contributed by atoms with Gasteiger partial charge in [-0.2, -0.15) is 4.31 Å². The lowest BCUT2D eigenvalue weighted by Gasteiger charge is -2.34. The number of sulfonamides is 1. The third-order valence-corrected chi connectivity index (χ3v) is 8.99. The Morgan fingerprint density at radius 1 is 1.28 bits per heavy atom. The second-order valence-corrected chi connectivity index (χ2v) is 10.6. The van der Waals surface area contributed by atoms with E-state index in [1.54, 1.807) is 24.3 Å². The number of morpholine rings is 1. The van der Waals surface area contributed by atoms with E-state index in [4.69, 9.17) is 4.74 Å². The van der Waals surface area contributed by atoms with Gasteiger partial charge in [0.25, 0.3) is 5.91 Å². The number of hydrogen-bond donors (Lipinski definition) is 1. The summed E-state index contributed by atoms with van der Waals surface area (Å²) in [6.45, 7) is 3.21. The van der Waals surface area contributed by atoms with Crippen molar-refractivity contribution in [1.29, 1.82) is 0 Å². The molecule has 0 spiro atoms. The average molecular weight is 593 g/mol. The first-order chi connectivity index (χ1) is 13.8. The highest BCUT2D eigenvalue weighted by Crippen LogP contribution is 2.25. The highest BCUT2D eigenvalue weighted by Gasteiger charge is 2.33. The fourth-order valence-corrected chi connectivity index (χ4v) is 5.59. The summed E-state index contributed by atoms with van der Waals surface area (Å²) in [5.74, 6) is -0.248. The summed E-state index contributed by atoms with van der Waals surface area (Å²) in [5, 5.41) is 2.81. The first-order valence-corrected chi connectivity index (χ1v) is 12.6. The molecule has 6 nitrogen and oxygen atoms in total. The van der Waals surface area contributed by atoms with Crippen LogP contribution in [0.4, 0.5) is 5.69 Å². The van der Waals surface area contributed by atoms with Gasteiger partial charge in [0.2, 0.25) is 10.0 Å². The predicted octanol–water partition coefficient (Wildman–Crippen LogP) is 4.50. The standard InChI is InChI=1S/C20H22BrIN2O4S/c1-2-3-16-13-28-11-10-24(16)29(26,27)17-7-5-15(6-8-17)23-20(25)14-4-9-18(21)19(22)12-14/h4-9,12,16H,2-3,10-11,13H2,1H3,(H,23,25). The molecule has 0 radical (unpaired) electrons. The Bertz CT molecular complexity index is 980. The quantitative estimate of drug-likeness (QED) is 0.501. The largest absolute Gasteiger partial charge is 0.378 e. The van der Waals surface area contributed by atoms with Gasteiger partial charge in [-0.1, -0.05) is 13.3 Å². The van der Waals surface area contributed by atoms with E-state index in [9.17, 15) is 13.2 Å². The van der Waals surface area contributed by atoms with Crippen molar-refractivity contribution < 1.29 is 17.9 Å². The first kappa shape index (κ1) is 22.7. The number of nitrogens with one attached hydrogen (secondary N) is 1. The van der Waals surface area contributed by atoms with Gasteiger partial charge in [0.05, 0.1) is 18.1 Å². The van der Waals surface area contributed by atoms with Crippen LogP contribution in [0, 0.1) is 3.57 Å². The van der Waals surface area contributed by atoms with Crippen molar-refractivity contribution in [2.24, 2.45) is 0 Å². The van der Waals surface area contributed by atoms with Gasteiger partial charge in [0.1, 0.15) is 0 Å². The Kier molecular flexibility index (Phi) is 7.71. The molecule has 1 heterocycles. The molecular formula is C20H22BrIN2O4S. The van der Waals surface area contributed by atoms with E-state index >= 15 is 0 Å². The highest BCUT2D eigenvalue weighted by atomic mass is 127. The van der Waals surface area contributed by atoms with Gasteiger partial charge in [0.15, 0.2) is 0 Å². The van der Waals surface area contributed by atoms with Crippen LogP contribution in [0.1, 0.15) is 30.1 Å². The summed E-state index contributed by atoms with van der Waals surface area (Å²) in [4.78, 5) is 12.7. The van der Waals surface area contributed by atoms with E-state index in [0.29, 0.717) is 31.0 Å². The van der Waals surface area contributed by atoms with Gasteiger partial charge in [-0.3, -0.25) is 4.79 Å². The third-order valence-electron chi connectivity index (χ3n) is 4.70. The molecule has 1 saturated heterocycles. The maximum absolute atomic E-state index is 13.1. The molecule has 9 heteroatoms. The molecule has 1 fully saturated rings. The van der Waals surface area contributed by atoms with Crippen LogP contribution in [0.3, 0.4) is 0 Å². The van der Waals surface area contributed by atoms with Crippen molar-refractivity contribution in [3.05, 3.63) is 56.1 Å². The van der Waals surface area contributed by atoms with Crippen LogP contribution < -0.4 is 5.32 Å². The fraction of sp³-hybridized carbons (Fsp3) is 0.350. The van der Waals surface area contributed by atoms with Crippen molar-refractivity contribution in [2.45, 2.75) is 30.7 Å². The van der Waals surface area contributed by atoms with E-state index in [1.807, 2.05) is 13.0 Å². The lowest BCUT2D eigenvalue weighted by Crippen LogP contribution is -2.48. The number of nitrogens with zero attached hydrogens (tertiary/aromatic N) is 1. The third kappa shape index (κ3) is 5.38. The molecular weight excluding hydrogens is 571 g/mol. The van der Waals surface area contributed by atoms with E-state index in [1.165, 1.54) is 16.4 Å². The number of carbonyl (C=O) groups excluding carboxylic acids is 1. The number of hydrogen-bond acceptors (Lipinski definition) is 4. The Morgan fingerprint density at radius 2 is 2.00 bits per heavy atom. The molecule has 156 valence electrons. The summed E-state index contributed by atoms with van der Waals surface area (Å²) in [7, 11) is -3.61. The van der Waals surface area contributed by atoms with Gasteiger partial charge >= 0.3 is 0 Å². The summed E-state index contributed by atoms with van der Waals surface area (Å²) in [6, 6.07) is 11.5. The van der Waals surface area contributed by atoms with Gasteiger partial charge in [-0.15, -0.1) is 0 Å². The Hall–Kier alpha value is -1.01. The zero-order valence-corrected chi connectivity index (χ0v) is 20.5. The molecule has 3 rings (SSSR count). The second kappa shape index (κ2) is 9.86. The van der Waals surface area contributed by atoms with E-state index < -0.39 is 10.0 Å². The summed E-state index contributed by atoms with van der Waals surface area (Å²) >= 11 is 5.56. The van der Waals surface area contributed by atoms with Gasteiger partial charge < -0.3 is 10.1 Å². The van der Waals surface area contributed by atoms with Crippen LogP contribution in [0.15, 0.2) is 51.8 Å². The molecule has 1 aliphatic heterocycles. The number of ether oxygens (including phenoxy) is 1. The minimum absolute atomic E-state index is 0.141. The molecule has 2 aromatic rings. The molecule has 0 bridgehead atoms. The normalized spacial score (nSPS) is 17.8. The van der Waals surface area contributed by atoms with Crippen LogP contribution in [0.25, 0.3) is 0 Å². The molecule has 2 aromatic carbocycles. The Labute approximate surface area is 193 Å². The van der Waals surface area contributed by atoms with Crippen LogP contribution in [-0.4, -0.2) is 44.4 Å². The van der Waals surface area contributed by atoms with Crippen molar-refractivity contribution in [3.63, 3.8) is 0 Å². The van der Waals surface area contributed by atoms with E-state index in [2.05, 4.69) is 43.8 Å². The van der Waals surface area contributed by atoms with Crippen LogP contribution in [0.5, 0.6) is 0 Å². The zero-order chi connectivity index (χ0) is 21.0. The summed E-state index contributed by atoms with van der Waals surface area (Å²) < 4.78 is 35.0. The predicted molar refractivity (Wildman–Crippen MR) is 125 cm³/mol. The molecule has 1 atom stereocenters. The Balaban J connectivity index is 1.75. The second-order valence-electron chi connectivity index (χ2n) is 6.74. The molecule has 0 aromatic heterocycles. The SMILES string of the molecule is CCCC1COCCN1S(=O)(=O)c1ccc(NC(=O)c2ccc(Br)c(I)c2)cc1. The van der Waals surface area contributed by atoms with Gasteiger partial charge in [0, 0.05) is 31.9 Å². The van der Waals surface area contributed by atoms with E-state index in [0.717, 1.165) is 20.9 Å². The molecule has 0 saturated carbocycles. The summed E-state index contributed by atoms with van der Waals surface area (Å²) in [5.41, 5.74) is 1.07. The topological polar surface area (TPSA) is 75.7 Å². The number of benzene rings is 2. The van der Waals surface area contributed by atoms with Crippen molar-refractivity contribution in [2.75, 3.05) is 25.1 Å². The smallest absolute Gasteiger partial charge is 0.255 e. The summed E-state index contributed by atoms with van der Waals surface area (Å²) in [6.07, 6.45) is 1.65.